The van der Waals surface area contributed by atoms with Crippen LogP contribution in [0.15, 0.2) is 24.3 Å². The molecule has 2 rings (SSSR count). The van der Waals surface area contributed by atoms with E-state index in [0.29, 0.717) is 6.54 Å². The lowest BCUT2D eigenvalue weighted by Gasteiger charge is -2.03. The van der Waals surface area contributed by atoms with Gasteiger partial charge in [0.1, 0.15) is 0 Å². The summed E-state index contributed by atoms with van der Waals surface area (Å²) in [6.45, 7) is 0.399. The Morgan fingerprint density at radius 2 is 2.29 bits per heavy atom. The Balaban J connectivity index is 2.02. The molecule has 14 heavy (non-hydrogen) atoms. The molecule has 1 saturated carbocycles. The summed E-state index contributed by atoms with van der Waals surface area (Å²) < 4.78 is 0. The van der Waals surface area contributed by atoms with Crippen LogP contribution in [-0.4, -0.2) is 11.2 Å². The first-order valence-electron chi connectivity index (χ1n) is 4.81. The van der Waals surface area contributed by atoms with Gasteiger partial charge >= 0.3 is 6.09 Å². The van der Waals surface area contributed by atoms with Gasteiger partial charge in [0.05, 0.1) is 0 Å². The summed E-state index contributed by atoms with van der Waals surface area (Å²) in [6.07, 6.45) is 1.58. The van der Waals surface area contributed by atoms with E-state index in [-0.39, 0.29) is 0 Å². The Morgan fingerprint density at radius 1 is 1.50 bits per heavy atom. The third-order valence-corrected chi connectivity index (χ3v) is 2.44. The Labute approximate surface area is 82.8 Å². The van der Waals surface area contributed by atoms with Crippen LogP contribution >= 0.6 is 0 Å². The van der Waals surface area contributed by atoms with Gasteiger partial charge in [0, 0.05) is 6.54 Å². The van der Waals surface area contributed by atoms with Crippen molar-refractivity contribution in [2.75, 3.05) is 0 Å². The molecule has 74 valence electrons. The van der Waals surface area contributed by atoms with E-state index in [4.69, 9.17) is 5.11 Å². The van der Waals surface area contributed by atoms with E-state index in [1.165, 1.54) is 18.4 Å². The Morgan fingerprint density at radius 3 is 2.93 bits per heavy atom. The molecule has 0 spiro atoms. The van der Waals surface area contributed by atoms with Crippen molar-refractivity contribution in [1.82, 2.24) is 5.32 Å². The molecule has 0 radical (unpaired) electrons. The largest absolute Gasteiger partial charge is 0.465 e. The SMILES string of the molecule is O=C(O)NCc1cccc(C2CC2)c1. The van der Waals surface area contributed by atoms with Crippen LogP contribution in [0.5, 0.6) is 0 Å². The topological polar surface area (TPSA) is 49.3 Å². The first-order chi connectivity index (χ1) is 6.75. The fourth-order valence-corrected chi connectivity index (χ4v) is 1.55. The second kappa shape index (κ2) is 3.70. The van der Waals surface area contributed by atoms with E-state index < -0.39 is 6.09 Å². The van der Waals surface area contributed by atoms with Crippen LogP contribution in [0.3, 0.4) is 0 Å². The Hall–Kier alpha value is -1.51. The molecule has 0 heterocycles. The van der Waals surface area contributed by atoms with Crippen molar-refractivity contribution < 1.29 is 9.90 Å². The molecule has 0 atom stereocenters. The Kier molecular flexibility index (Phi) is 2.39. The third-order valence-electron chi connectivity index (χ3n) is 2.44. The molecule has 0 unspecified atom stereocenters. The van der Waals surface area contributed by atoms with Gasteiger partial charge < -0.3 is 10.4 Å². The lowest BCUT2D eigenvalue weighted by atomic mass is 10.1. The zero-order valence-corrected chi connectivity index (χ0v) is 7.86. The first-order valence-corrected chi connectivity index (χ1v) is 4.81. The molecular weight excluding hydrogens is 178 g/mol. The molecule has 1 aliphatic rings. The average Bonchev–Trinajstić information content (AvgIpc) is 2.98. The van der Waals surface area contributed by atoms with Gasteiger partial charge in [-0.25, -0.2) is 4.79 Å². The van der Waals surface area contributed by atoms with Crippen molar-refractivity contribution in [2.24, 2.45) is 0 Å². The highest BCUT2D eigenvalue weighted by atomic mass is 16.4. The minimum Gasteiger partial charge on any atom is -0.465 e. The molecule has 0 bridgehead atoms. The van der Waals surface area contributed by atoms with Crippen molar-refractivity contribution in [3.63, 3.8) is 0 Å². The first kappa shape index (κ1) is 9.06. The van der Waals surface area contributed by atoms with Gasteiger partial charge in [0.15, 0.2) is 0 Å². The summed E-state index contributed by atoms with van der Waals surface area (Å²) in [4.78, 5) is 10.3. The van der Waals surface area contributed by atoms with E-state index in [9.17, 15) is 4.79 Å². The summed E-state index contributed by atoms with van der Waals surface area (Å²) in [6, 6.07) is 8.14. The molecule has 1 fully saturated rings. The molecular formula is C11H13NO2. The van der Waals surface area contributed by atoms with Gasteiger partial charge in [0.2, 0.25) is 0 Å². The number of nitrogens with one attached hydrogen (secondary N) is 1. The number of rotatable bonds is 3. The summed E-state index contributed by atoms with van der Waals surface area (Å²) in [5.41, 5.74) is 2.38. The molecule has 1 aromatic carbocycles. The second-order valence-corrected chi connectivity index (χ2v) is 3.68. The maximum atomic E-state index is 10.3. The highest BCUT2D eigenvalue weighted by Gasteiger charge is 2.23. The van der Waals surface area contributed by atoms with E-state index in [1.54, 1.807) is 0 Å². The fourth-order valence-electron chi connectivity index (χ4n) is 1.55. The normalized spacial score (nSPS) is 15.1. The molecule has 1 aromatic rings. The number of carbonyl (C=O) groups is 1. The van der Waals surface area contributed by atoms with Gasteiger partial charge in [-0.2, -0.15) is 0 Å². The molecule has 3 nitrogen and oxygen atoms in total. The minimum atomic E-state index is -0.971. The van der Waals surface area contributed by atoms with Crippen molar-refractivity contribution in [3.8, 4) is 0 Å². The van der Waals surface area contributed by atoms with Crippen molar-refractivity contribution >= 4 is 6.09 Å². The monoisotopic (exact) mass is 191 g/mol. The second-order valence-electron chi connectivity index (χ2n) is 3.68. The van der Waals surface area contributed by atoms with Gasteiger partial charge in [-0.05, 0) is 29.9 Å². The number of hydrogen-bond donors (Lipinski definition) is 2. The maximum absolute atomic E-state index is 10.3. The van der Waals surface area contributed by atoms with E-state index in [1.807, 2.05) is 12.1 Å². The van der Waals surface area contributed by atoms with Crippen LogP contribution in [0.25, 0.3) is 0 Å². The number of carboxylic acid groups (broad SMARTS) is 1. The smallest absolute Gasteiger partial charge is 0.404 e. The lowest BCUT2D eigenvalue weighted by molar-refractivity contribution is 0.194. The van der Waals surface area contributed by atoms with Crippen LogP contribution < -0.4 is 5.32 Å². The van der Waals surface area contributed by atoms with Crippen molar-refractivity contribution in [2.45, 2.75) is 25.3 Å². The molecule has 0 aromatic heterocycles. The molecule has 0 saturated heterocycles. The zero-order valence-electron chi connectivity index (χ0n) is 7.86. The van der Waals surface area contributed by atoms with Crippen LogP contribution in [0.2, 0.25) is 0 Å². The summed E-state index contributed by atoms with van der Waals surface area (Å²) in [5, 5.41) is 10.8. The van der Waals surface area contributed by atoms with Gasteiger partial charge in [-0.15, -0.1) is 0 Å². The van der Waals surface area contributed by atoms with Crippen molar-refractivity contribution in [1.29, 1.82) is 0 Å². The quantitative estimate of drug-likeness (QED) is 0.770. The standard InChI is InChI=1S/C11H13NO2/c13-11(14)12-7-8-2-1-3-10(6-8)9-4-5-9/h1-3,6,9,12H,4-5,7H2,(H,13,14). The lowest BCUT2D eigenvalue weighted by Crippen LogP contribution is -2.19. The third kappa shape index (κ3) is 2.25. The summed E-state index contributed by atoms with van der Waals surface area (Å²) in [5.74, 6) is 0.722. The van der Waals surface area contributed by atoms with E-state index in [2.05, 4.69) is 17.4 Å². The van der Waals surface area contributed by atoms with Gasteiger partial charge in [-0.3, -0.25) is 0 Å². The van der Waals surface area contributed by atoms with Gasteiger partial charge in [0.25, 0.3) is 0 Å². The number of benzene rings is 1. The highest BCUT2D eigenvalue weighted by molar-refractivity contribution is 5.64. The molecule has 1 amide bonds. The van der Waals surface area contributed by atoms with Crippen molar-refractivity contribution in [3.05, 3.63) is 35.4 Å². The number of amides is 1. The van der Waals surface area contributed by atoms with Crippen LogP contribution in [0.1, 0.15) is 29.9 Å². The van der Waals surface area contributed by atoms with Crippen LogP contribution in [0, 0.1) is 0 Å². The number of hydrogen-bond acceptors (Lipinski definition) is 1. The predicted octanol–water partition coefficient (Wildman–Crippen LogP) is 2.33. The average molecular weight is 191 g/mol. The zero-order chi connectivity index (χ0) is 9.97. The fraction of sp³-hybridized carbons (Fsp3) is 0.364. The predicted molar refractivity (Wildman–Crippen MR) is 53.3 cm³/mol. The molecule has 1 aliphatic carbocycles. The molecule has 2 N–H and O–H groups in total. The Bertz CT molecular complexity index is 345. The van der Waals surface area contributed by atoms with E-state index in [0.717, 1.165) is 11.5 Å². The van der Waals surface area contributed by atoms with E-state index >= 15 is 0 Å². The maximum Gasteiger partial charge on any atom is 0.404 e. The minimum absolute atomic E-state index is 0.399. The molecule has 0 aliphatic heterocycles. The highest BCUT2D eigenvalue weighted by Crippen LogP contribution is 2.40. The van der Waals surface area contributed by atoms with Crippen LogP contribution in [-0.2, 0) is 6.54 Å². The van der Waals surface area contributed by atoms with Crippen LogP contribution in [0.4, 0.5) is 4.79 Å². The van der Waals surface area contributed by atoms with Gasteiger partial charge in [-0.1, -0.05) is 24.3 Å². The molecule has 3 heteroatoms. The summed E-state index contributed by atoms with van der Waals surface area (Å²) in [7, 11) is 0. The summed E-state index contributed by atoms with van der Waals surface area (Å²) >= 11 is 0.